The van der Waals surface area contributed by atoms with E-state index in [0.29, 0.717) is 6.04 Å². The Morgan fingerprint density at radius 3 is 2.90 bits per heavy atom. The molecular formula is C15H22N4O. The first kappa shape index (κ1) is 13.4. The van der Waals surface area contributed by atoms with Crippen LogP contribution in [0.15, 0.2) is 16.5 Å². The van der Waals surface area contributed by atoms with E-state index < -0.39 is 0 Å². The van der Waals surface area contributed by atoms with Gasteiger partial charge < -0.3 is 8.98 Å². The zero-order valence-corrected chi connectivity index (χ0v) is 12.5. The largest absolute Gasteiger partial charge is 0.465 e. The molecule has 0 saturated carbocycles. The molecule has 0 N–H and O–H groups in total. The third-order valence-corrected chi connectivity index (χ3v) is 4.22. The third-order valence-electron chi connectivity index (χ3n) is 4.22. The van der Waals surface area contributed by atoms with Crippen molar-refractivity contribution in [1.29, 1.82) is 0 Å². The van der Waals surface area contributed by atoms with Gasteiger partial charge in [0.2, 0.25) is 0 Å². The number of rotatable bonds is 3. The Morgan fingerprint density at radius 2 is 2.15 bits per heavy atom. The molecule has 20 heavy (non-hydrogen) atoms. The minimum atomic E-state index is 0.571. The minimum absolute atomic E-state index is 0.571. The van der Waals surface area contributed by atoms with Gasteiger partial charge in [0.25, 0.3) is 0 Å². The molecule has 0 saturated heterocycles. The summed E-state index contributed by atoms with van der Waals surface area (Å²) in [5.74, 6) is 4.19. The van der Waals surface area contributed by atoms with Crippen molar-refractivity contribution in [1.82, 2.24) is 19.7 Å². The van der Waals surface area contributed by atoms with Crippen molar-refractivity contribution in [2.75, 3.05) is 7.05 Å². The van der Waals surface area contributed by atoms with Crippen LogP contribution in [0.3, 0.4) is 0 Å². The quantitative estimate of drug-likeness (QED) is 0.862. The lowest BCUT2D eigenvalue weighted by atomic mass is 10.1. The molecule has 0 radical (unpaired) electrons. The van der Waals surface area contributed by atoms with Crippen LogP contribution >= 0.6 is 0 Å². The molecular weight excluding hydrogens is 252 g/mol. The highest BCUT2D eigenvalue weighted by atomic mass is 16.3. The van der Waals surface area contributed by atoms with E-state index >= 15 is 0 Å². The van der Waals surface area contributed by atoms with Crippen molar-refractivity contribution in [2.45, 2.75) is 52.2 Å². The summed E-state index contributed by atoms with van der Waals surface area (Å²) < 4.78 is 7.93. The zero-order chi connectivity index (χ0) is 14.1. The standard InChI is InChI=1S/C15H22N4O/c1-11-4-6-14(20-11)10-18(3)13-5-7-15-17-16-12(2)19(15)9-8-13/h4,6,13H,5,7-10H2,1-3H3. The molecule has 1 unspecified atom stereocenters. The van der Waals surface area contributed by atoms with Crippen molar-refractivity contribution in [2.24, 2.45) is 0 Å². The highest BCUT2D eigenvalue weighted by Crippen LogP contribution is 2.20. The molecule has 0 bridgehead atoms. The predicted octanol–water partition coefficient (Wildman–Crippen LogP) is 2.32. The van der Waals surface area contributed by atoms with Gasteiger partial charge in [0.1, 0.15) is 23.2 Å². The van der Waals surface area contributed by atoms with Gasteiger partial charge in [-0.3, -0.25) is 4.90 Å². The first-order valence-corrected chi connectivity index (χ1v) is 7.27. The maximum absolute atomic E-state index is 5.67. The van der Waals surface area contributed by atoms with E-state index in [-0.39, 0.29) is 0 Å². The average molecular weight is 274 g/mol. The highest BCUT2D eigenvalue weighted by Gasteiger charge is 2.22. The first-order chi connectivity index (χ1) is 9.63. The second-order valence-corrected chi connectivity index (χ2v) is 5.72. The van der Waals surface area contributed by atoms with E-state index in [4.69, 9.17) is 4.42 Å². The molecule has 0 aromatic carbocycles. The molecule has 0 aliphatic carbocycles. The molecule has 3 rings (SSSR count). The van der Waals surface area contributed by atoms with Crippen LogP contribution in [-0.2, 0) is 19.5 Å². The summed E-state index contributed by atoms with van der Waals surface area (Å²) in [6, 6.07) is 4.67. The van der Waals surface area contributed by atoms with E-state index in [0.717, 1.165) is 55.5 Å². The molecule has 3 heterocycles. The number of furan rings is 1. The highest BCUT2D eigenvalue weighted by molar-refractivity contribution is 5.05. The zero-order valence-electron chi connectivity index (χ0n) is 12.5. The van der Waals surface area contributed by atoms with E-state index in [1.54, 1.807) is 0 Å². The van der Waals surface area contributed by atoms with E-state index in [2.05, 4.69) is 32.8 Å². The number of aromatic nitrogens is 3. The second-order valence-electron chi connectivity index (χ2n) is 5.72. The van der Waals surface area contributed by atoms with Crippen LogP contribution in [0.2, 0.25) is 0 Å². The normalized spacial score (nSPS) is 19.1. The van der Waals surface area contributed by atoms with Gasteiger partial charge in [0, 0.05) is 19.0 Å². The Balaban J connectivity index is 1.64. The molecule has 1 aliphatic rings. The van der Waals surface area contributed by atoms with Gasteiger partial charge in [-0.15, -0.1) is 10.2 Å². The van der Waals surface area contributed by atoms with Crippen LogP contribution in [0.5, 0.6) is 0 Å². The summed E-state index contributed by atoms with van der Waals surface area (Å²) in [5.41, 5.74) is 0. The lowest BCUT2D eigenvalue weighted by molar-refractivity contribution is 0.195. The van der Waals surface area contributed by atoms with Crippen molar-refractivity contribution >= 4 is 0 Å². The summed E-state index contributed by atoms with van der Waals surface area (Å²) >= 11 is 0. The Bertz CT molecular complexity index is 586. The third kappa shape index (κ3) is 2.63. The van der Waals surface area contributed by atoms with Gasteiger partial charge in [0.05, 0.1) is 6.54 Å². The molecule has 0 spiro atoms. The number of nitrogens with zero attached hydrogens (tertiary/aromatic N) is 4. The van der Waals surface area contributed by atoms with Crippen molar-refractivity contribution in [3.8, 4) is 0 Å². The van der Waals surface area contributed by atoms with E-state index in [1.165, 1.54) is 0 Å². The summed E-state index contributed by atoms with van der Waals surface area (Å²) in [4.78, 5) is 2.40. The smallest absolute Gasteiger partial charge is 0.133 e. The molecule has 5 heteroatoms. The Labute approximate surface area is 119 Å². The summed E-state index contributed by atoms with van der Waals surface area (Å²) in [5, 5.41) is 8.44. The van der Waals surface area contributed by atoms with Crippen LogP contribution in [0.25, 0.3) is 0 Å². The maximum atomic E-state index is 5.67. The molecule has 1 aliphatic heterocycles. The van der Waals surface area contributed by atoms with Gasteiger partial charge in [-0.25, -0.2) is 0 Å². The minimum Gasteiger partial charge on any atom is -0.465 e. The fraction of sp³-hybridized carbons (Fsp3) is 0.600. The molecule has 0 fully saturated rings. The predicted molar refractivity (Wildman–Crippen MR) is 76.4 cm³/mol. The summed E-state index contributed by atoms with van der Waals surface area (Å²) in [6.45, 7) is 5.91. The van der Waals surface area contributed by atoms with Crippen LogP contribution < -0.4 is 0 Å². The van der Waals surface area contributed by atoms with Crippen LogP contribution in [0.1, 0.15) is 36.0 Å². The van der Waals surface area contributed by atoms with Gasteiger partial charge in [-0.2, -0.15) is 0 Å². The number of hydrogen-bond donors (Lipinski definition) is 0. The van der Waals surface area contributed by atoms with Gasteiger partial charge >= 0.3 is 0 Å². The number of fused-ring (bicyclic) bond motifs is 1. The molecule has 2 aromatic heterocycles. The topological polar surface area (TPSA) is 47.1 Å². The first-order valence-electron chi connectivity index (χ1n) is 7.27. The van der Waals surface area contributed by atoms with Crippen LogP contribution in [-0.4, -0.2) is 32.8 Å². The molecule has 1 atom stereocenters. The SMILES string of the molecule is Cc1ccc(CN(C)C2CCc3nnc(C)n3CC2)o1. The lowest BCUT2D eigenvalue weighted by Crippen LogP contribution is -2.31. The van der Waals surface area contributed by atoms with Gasteiger partial charge in [0.15, 0.2) is 0 Å². The molecule has 0 amide bonds. The lowest BCUT2D eigenvalue weighted by Gasteiger charge is -2.25. The Kier molecular flexibility index (Phi) is 3.61. The van der Waals surface area contributed by atoms with E-state index in [9.17, 15) is 0 Å². The van der Waals surface area contributed by atoms with Crippen molar-refractivity contribution in [3.05, 3.63) is 35.3 Å². The Morgan fingerprint density at radius 1 is 1.30 bits per heavy atom. The number of aryl methyl sites for hydroxylation is 3. The summed E-state index contributed by atoms with van der Waals surface area (Å²) in [7, 11) is 2.18. The molecule has 2 aromatic rings. The van der Waals surface area contributed by atoms with Crippen molar-refractivity contribution < 1.29 is 4.42 Å². The van der Waals surface area contributed by atoms with Crippen LogP contribution in [0.4, 0.5) is 0 Å². The average Bonchev–Trinajstić information content (AvgIpc) is 2.89. The maximum Gasteiger partial charge on any atom is 0.133 e. The van der Waals surface area contributed by atoms with Crippen LogP contribution in [0, 0.1) is 13.8 Å². The Hall–Kier alpha value is -1.62. The summed E-state index contributed by atoms with van der Waals surface area (Å²) in [6.07, 6.45) is 3.28. The number of hydrogen-bond acceptors (Lipinski definition) is 4. The second kappa shape index (κ2) is 5.40. The molecule has 5 nitrogen and oxygen atoms in total. The van der Waals surface area contributed by atoms with Gasteiger partial charge in [-0.05, 0) is 45.9 Å². The van der Waals surface area contributed by atoms with E-state index in [1.807, 2.05) is 19.9 Å². The van der Waals surface area contributed by atoms with Gasteiger partial charge in [-0.1, -0.05) is 0 Å². The fourth-order valence-corrected chi connectivity index (χ4v) is 3.00. The fourth-order valence-electron chi connectivity index (χ4n) is 3.00. The van der Waals surface area contributed by atoms with Crippen molar-refractivity contribution in [3.63, 3.8) is 0 Å². The molecule has 108 valence electrons. The monoisotopic (exact) mass is 274 g/mol.